The number of hydrogen-bond donors (Lipinski definition) is 1. The number of carbonyl (C=O) groups excluding carboxylic acids is 1. The molecule has 1 N–H and O–H groups in total. The molecule has 0 radical (unpaired) electrons. The van der Waals surface area contributed by atoms with Gasteiger partial charge < -0.3 is 10.1 Å². The van der Waals surface area contributed by atoms with Crippen LogP contribution < -0.4 is 5.32 Å². The van der Waals surface area contributed by atoms with Gasteiger partial charge in [-0.1, -0.05) is 6.42 Å². The summed E-state index contributed by atoms with van der Waals surface area (Å²) < 4.78 is 0. The molecule has 0 spiro atoms. The molecule has 2 rings (SSSR count). The van der Waals surface area contributed by atoms with Crippen molar-refractivity contribution in [2.45, 2.75) is 31.7 Å². The second kappa shape index (κ2) is 4.89. The van der Waals surface area contributed by atoms with Crippen LogP contribution in [0, 0.1) is 5.92 Å². The Hall–Kier alpha value is -0.410. The number of aldehydes is 1. The van der Waals surface area contributed by atoms with E-state index >= 15 is 0 Å². The zero-order chi connectivity index (χ0) is 9.80. The van der Waals surface area contributed by atoms with Gasteiger partial charge in [0.1, 0.15) is 6.29 Å². The predicted molar refractivity (Wildman–Crippen MR) is 56.3 cm³/mol. The molecule has 0 aliphatic carbocycles. The Kier molecular flexibility index (Phi) is 3.54. The largest absolute Gasteiger partial charge is 0.316 e. The van der Waals surface area contributed by atoms with Crippen molar-refractivity contribution in [3.63, 3.8) is 0 Å². The summed E-state index contributed by atoms with van der Waals surface area (Å²) in [4.78, 5) is 13.5. The van der Waals surface area contributed by atoms with Gasteiger partial charge in [-0.25, -0.2) is 0 Å². The predicted octanol–water partition coefficient (Wildman–Crippen LogP) is 0.649. The normalized spacial score (nSPS) is 31.6. The monoisotopic (exact) mass is 196 g/mol. The van der Waals surface area contributed by atoms with Crippen LogP contribution in [0.3, 0.4) is 0 Å². The SMILES string of the molecule is O=CC(C1CCNC1)N1CCCCC1. The number of nitrogens with zero attached hydrogens (tertiary/aromatic N) is 1. The van der Waals surface area contributed by atoms with Gasteiger partial charge in [0.15, 0.2) is 0 Å². The van der Waals surface area contributed by atoms with Crippen molar-refractivity contribution in [3.8, 4) is 0 Å². The maximum Gasteiger partial charge on any atom is 0.137 e. The summed E-state index contributed by atoms with van der Waals surface area (Å²) >= 11 is 0. The molecule has 2 heterocycles. The second-order valence-electron chi connectivity index (χ2n) is 4.48. The third-order valence-corrected chi connectivity index (χ3v) is 3.53. The fourth-order valence-electron chi connectivity index (χ4n) is 2.68. The van der Waals surface area contributed by atoms with Crippen molar-refractivity contribution < 1.29 is 4.79 Å². The molecule has 3 heteroatoms. The summed E-state index contributed by atoms with van der Waals surface area (Å²) in [6.07, 6.45) is 6.21. The molecule has 2 unspecified atom stereocenters. The lowest BCUT2D eigenvalue weighted by atomic mass is 9.96. The summed E-state index contributed by atoms with van der Waals surface area (Å²) in [5.41, 5.74) is 0. The lowest BCUT2D eigenvalue weighted by Gasteiger charge is -2.34. The minimum atomic E-state index is 0.185. The molecule has 0 saturated carbocycles. The highest BCUT2D eigenvalue weighted by atomic mass is 16.1. The third-order valence-electron chi connectivity index (χ3n) is 3.53. The molecule has 0 aromatic heterocycles. The third kappa shape index (κ3) is 2.15. The smallest absolute Gasteiger partial charge is 0.137 e. The van der Waals surface area contributed by atoms with Gasteiger partial charge in [0.2, 0.25) is 0 Å². The molecular weight excluding hydrogens is 176 g/mol. The zero-order valence-electron chi connectivity index (χ0n) is 8.74. The number of piperidine rings is 1. The van der Waals surface area contributed by atoms with E-state index in [0.29, 0.717) is 5.92 Å². The van der Waals surface area contributed by atoms with E-state index in [4.69, 9.17) is 0 Å². The molecular formula is C11H20N2O. The standard InChI is InChI=1S/C11H20N2O/c14-9-11(10-4-5-12-8-10)13-6-2-1-3-7-13/h9-12H,1-8H2. The van der Waals surface area contributed by atoms with Crippen LogP contribution in [-0.2, 0) is 4.79 Å². The van der Waals surface area contributed by atoms with E-state index in [0.717, 1.165) is 26.2 Å². The Labute approximate surface area is 85.8 Å². The molecule has 2 aliphatic heterocycles. The van der Waals surface area contributed by atoms with Crippen molar-refractivity contribution >= 4 is 6.29 Å². The number of carbonyl (C=O) groups is 1. The zero-order valence-corrected chi connectivity index (χ0v) is 8.74. The molecule has 2 saturated heterocycles. The molecule has 0 aromatic carbocycles. The Morgan fingerprint density at radius 1 is 1.29 bits per heavy atom. The molecule has 14 heavy (non-hydrogen) atoms. The first kappa shape index (κ1) is 10.1. The summed E-state index contributed by atoms with van der Waals surface area (Å²) in [5, 5.41) is 3.34. The summed E-state index contributed by atoms with van der Waals surface area (Å²) in [7, 11) is 0. The Morgan fingerprint density at radius 3 is 2.64 bits per heavy atom. The molecule has 80 valence electrons. The first-order valence-electron chi connectivity index (χ1n) is 5.82. The highest BCUT2D eigenvalue weighted by molar-refractivity contribution is 5.58. The average Bonchev–Trinajstić information content (AvgIpc) is 2.74. The molecule has 0 bridgehead atoms. The van der Waals surface area contributed by atoms with Crippen LogP contribution in [0.25, 0.3) is 0 Å². The molecule has 0 amide bonds. The van der Waals surface area contributed by atoms with Crippen molar-refractivity contribution in [2.24, 2.45) is 5.92 Å². The van der Waals surface area contributed by atoms with Crippen LogP contribution in [0.15, 0.2) is 0 Å². The topological polar surface area (TPSA) is 32.3 Å². The minimum Gasteiger partial charge on any atom is -0.316 e. The van der Waals surface area contributed by atoms with E-state index < -0.39 is 0 Å². The summed E-state index contributed by atoms with van der Waals surface area (Å²) in [5.74, 6) is 0.561. The van der Waals surface area contributed by atoms with Gasteiger partial charge in [-0.3, -0.25) is 4.90 Å². The van der Waals surface area contributed by atoms with E-state index in [9.17, 15) is 4.79 Å². The summed E-state index contributed by atoms with van der Waals surface area (Å²) in [6.45, 7) is 4.36. The Balaban J connectivity index is 1.92. The van der Waals surface area contributed by atoms with Crippen molar-refractivity contribution in [1.29, 1.82) is 0 Å². The van der Waals surface area contributed by atoms with Gasteiger partial charge >= 0.3 is 0 Å². The van der Waals surface area contributed by atoms with Gasteiger partial charge in [0, 0.05) is 0 Å². The molecule has 2 atom stereocenters. The van der Waals surface area contributed by atoms with E-state index in [2.05, 4.69) is 10.2 Å². The van der Waals surface area contributed by atoms with E-state index in [1.807, 2.05) is 0 Å². The van der Waals surface area contributed by atoms with Crippen molar-refractivity contribution in [2.75, 3.05) is 26.2 Å². The van der Waals surface area contributed by atoms with Crippen LogP contribution in [0.1, 0.15) is 25.7 Å². The number of nitrogens with one attached hydrogen (secondary N) is 1. The fourth-order valence-corrected chi connectivity index (χ4v) is 2.68. The molecule has 3 nitrogen and oxygen atoms in total. The van der Waals surface area contributed by atoms with E-state index in [1.165, 1.54) is 32.0 Å². The Morgan fingerprint density at radius 2 is 2.07 bits per heavy atom. The van der Waals surface area contributed by atoms with E-state index in [1.54, 1.807) is 0 Å². The second-order valence-corrected chi connectivity index (χ2v) is 4.48. The average molecular weight is 196 g/mol. The van der Waals surface area contributed by atoms with Crippen LogP contribution in [0.2, 0.25) is 0 Å². The number of rotatable bonds is 3. The lowest BCUT2D eigenvalue weighted by Crippen LogP contribution is -2.45. The first-order valence-corrected chi connectivity index (χ1v) is 5.82. The van der Waals surface area contributed by atoms with Gasteiger partial charge in [-0.05, 0) is 51.4 Å². The highest BCUT2D eigenvalue weighted by Crippen LogP contribution is 2.20. The molecule has 2 aliphatic rings. The number of likely N-dealkylation sites (tertiary alicyclic amines) is 1. The van der Waals surface area contributed by atoms with Crippen LogP contribution in [-0.4, -0.2) is 43.4 Å². The Bertz CT molecular complexity index is 184. The molecule has 2 fully saturated rings. The maximum absolute atomic E-state index is 11.1. The summed E-state index contributed by atoms with van der Waals surface area (Å²) in [6, 6.07) is 0.185. The highest BCUT2D eigenvalue weighted by Gasteiger charge is 2.29. The van der Waals surface area contributed by atoms with Crippen LogP contribution in [0.4, 0.5) is 0 Å². The van der Waals surface area contributed by atoms with Crippen LogP contribution >= 0.6 is 0 Å². The van der Waals surface area contributed by atoms with E-state index in [-0.39, 0.29) is 6.04 Å². The van der Waals surface area contributed by atoms with Gasteiger partial charge in [0.25, 0.3) is 0 Å². The van der Waals surface area contributed by atoms with Crippen molar-refractivity contribution in [3.05, 3.63) is 0 Å². The van der Waals surface area contributed by atoms with Gasteiger partial charge in [-0.15, -0.1) is 0 Å². The maximum atomic E-state index is 11.1. The van der Waals surface area contributed by atoms with Gasteiger partial charge in [-0.2, -0.15) is 0 Å². The van der Waals surface area contributed by atoms with Crippen molar-refractivity contribution in [1.82, 2.24) is 10.2 Å². The minimum absolute atomic E-state index is 0.185. The van der Waals surface area contributed by atoms with Crippen LogP contribution in [0.5, 0.6) is 0 Å². The quantitative estimate of drug-likeness (QED) is 0.673. The number of hydrogen-bond acceptors (Lipinski definition) is 3. The first-order chi connectivity index (χ1) is 6.92. The molecule has 0 aromatic rings. The van der Waals surface area contributed by atoms with Gasteiger partial charge in [0.05, 0.1) is 6.04 Å². The lowest BCUT2D eigenvalue weighted by molar-refractivity contribution is -0.114. The fraction of sp³-hybridized carbons (Fsp3) is 0.909.